The Balaban J connectivity index is 2.52. The number of nitrogens with zero attached hydrogens (tertiary/aromatic N) is 2. The van der Waals surface area contributed by atoms with Gasteiger partial charge in [0.1, 0.15) is 5.69 Å². The number of hydrogen-bond donors (Lipinski definition) is 5. The summed E-state index contributed by atoms with van der Waals surface area (Å²) in [7, 11) is 1.63. The van der Waals surface area contributed by atoms with Crippen LogP contribution in [0.4, 0.5) is 15.9 Å². The summed E-state index contributed by atoms with van der Waals surface area (Å²) in [6.07, 6.45) is 3.83. The van der Waals surface area contributed by atoms with E-state index in [1.165, 1.54) is 18.3 Å². The number of carbonyl (C=O) groups is 2. The number of halogens is 1. The molecule has 1 heterocycles. The molecule has 0 spiro atoms. The van der Waals surface area contributed by atoms with Crippen molar-refractivity contribution in [1.82, 2.24) is 15.3 Å². The molecule has 162 valence electrons. The summed E-state index contributed by atoms with van der Waals surface area (Å²) in [5, 5.41) is 15.4. The van der Waals surface area contributed by atoms with Gasteiger partial charge in [0, 0.05) is 31.2 Å². The van der Waals surface area contributed by atoms with E-state index in [1.54, 1.807) is 14.0 Å². The summed E-state index contributed by atoms with van der Waals surface area (Å²) in [5.74, 6) is -2.38. The van der Waals surface area contributed by atoms with Crippen LogP contribution in [-0.2, 0) is 11.2 Å². The van der Waals surface area contributed by atoms with Crippen LogP contribution in [0.2, 0.25) is 0 Å². The monoisotopic (exact) mass is 427 g/mol. The SMILES string of the molecule is C=CC(=O)Nc1ccc(F)c(Oc2nc(N/C(C=N)=C/NC)c(C(N)=O)nc2CC)c1. The number of ether oxygens (including phenoxy) is 1. The number of allylic oxidation sites excluding steroid dienone is 1. The Morgan fingerprint density at radius 1 is 1.32 bits per heavy atom. The molecule has 10 nitrogen and oxygen atoms in total. The van der Waals surface area contributed by atoms with E-state index in [0.29, 0.717) is 6.42 Å². The third-order valence-electron chi connectivity index (χ3n) is 3.81. The second kappa shape index (κ2) is 10.5. The summed E-state index contributed by atoms with van der Waals surface area (Å²) < 4.78 is 20.0. The Morgan fingerprint density at radius 3 is 2.65 bits per heavy atom. The van der Waals surface area contributed by atoms with E-state index in [2.05, 4.69) is 32.5 Å². The Labute approximate surface area is 177 Å². The van der Waals surface area contributed by atoms with Crippen LogP contribution in [0.5, 0.6) is 11.6 Å². The summed E-state index contributed by atoms with van der Waals surface area (Å²) in [6, 6.07) is 3.75. The summed E-state index contributed by atoms with van der Waals surface area (Å²) in [5.41, 5.74) is 6.04. The second-order valence-corrected chi connectivity index (χ2v) is 5.99. The van der Waals surface area contributed by atoms with Crippen LogP contribution in [0.15, 0.2) is 42.8 Å². The molecule has 2 amide bonds. The number of carbonyl (C=O) groups excluding carboxylic acids is 2. The molecule has 31 heavy (non-hydrogen) atoms. The minimum Gasteiger partial charge on any atom is -0.434 e. The lowest BCUT2D eigenvalue weighted by Crippen LogP contribution is -2.20. The first kappa shape index (κ1) is 23.0. The highest BCUT2D eigenvalue weighted by molar-refractivity contribution is 5.99. The lowest BCUT2D eigenvalue weighted by molar-refractivity contribution is -0.111. The topological polar surface area (TPSA) is 155 Å². The molecular weight excluding hydrogens is 405 g/mol. The molecule has 6 N–H and O–H groups in total. The quantitative estimate of drug-likeness (QED) is 0.288. The number of anilines is 2. The molecule has 0 aliphatic carbocycles. The van der Waals surface area contributed by atoms with Crippen LogP contribution >= 0.6 is 0 Å². The molecule has 0 unspecified atom stereocenters. The van der Waals surface area contributed by atoms with Gasteiger partial charge in [-0.1, -0.05) is 13.5 Å². The molecule has 2 aromatic rings. The van der Waals surface area contributed by atoms with E-state index >= 15 is 0 Å². The van der Waals surface area contributed by atoms with Gasteiger partial charge in [0.25, 0.3) is 5.91 Å². The van der Waals surface area contributed by atoms with Gasteiger partial charge in [0.05, 0.1) is 5.70 Å². The van der Waals surface area contributed by atoms with Crippen LogP contribution in [-0.4, -0.2) is 35.0 Å². The number of nitrogens with two attached hydrogens (primary N) is 1. The molecule has 1 aromatic heterocycles. The Morgan fingerprint density at radius 2 is 2.06 bits per heavy atom. The van der Waals surface area contributed by atoms with Gasteiger partial charge in [-0.05, 0) is 24.6 Å². The third kappa shape index (κ3) is 5.85. The number of hydrogen-bond acceptors (Lipinski definition) is 8. The molecule has 11 heteroatoms. The van der Waals surface area contributed by atoms with E-state index in [0.717, 1.165) is 18.4 Å². The van der Waals surface area contributed by atoms with Crippen molar-refractivity contribution in [2.24, 2.45) is 5.73 Å². The van der Waals surface area contributed by atoms with E-state index in [-0.39, 0.29) is 40.2 Å². The Hall–Kier alpha value is -4.28. The van der Waals surface area contributed by atoms with Gasteiger partial charge < -0.3 is 31.8 Å². The van der Waals surface area contributed by atoms with Crippen molar-refractivity contribution in [3.63, 3.8) is 0 Å². The van der Waals surface area contributed by atoms with Crippen LogP contribution in [0, 0.1) is 11.2 Å². The molecule has 0 aliphatic heterocycles. The summed E-state index contributed by atoms with van der Waals surface area (Å²) in [4.78, 5) is 31.8. The fraction of sp³-hybridized carbons (Fsp3) is 0.150. The molecule has 0 fully saturated rings. The highest BCUT2D eigenvalue weighted by Crippen LogP contribution is 2.30. The number of primary amides is 1. The van der Waals surface area contributed by atoms with Crippen molar-refractivity contribution in [3.8, 4) is 11.6 Å². The predicted octanol–water partition coefficient (Wildman–Crippen LogP) is 2.32. The minimum atomic E-state index is -0.842. The number of rotatable bonds is 10. The zero-order chi connectivity index (χ0) is 23.0. The van der Waals surface area contributed by atoms with Crippen LogP contribution in [0.3, 0.4) is 0 Å². The molecule has 0 radical (unpaired) electrons. The van der Waals surface area contributed by atoms with Crippen LogP contribution in [0.25, 0.3) is 0 Å². The first-order valence-electron chi connectivity index (χ1n) is 9.09. The van der Waals surface area contributed by atoms with E-state index < -0.39 is 17.6 Å². The largest absolute Gasteiger partial charge is 0.434 e. The van der Waals surface area contributed by atoms with Crippen molar-refractivity contribution in [1.29, 1.82) is 5.41 Å². The van der Waals surface area contributed by atoms with E-state index in [1.807, 2.05) is 0 Å². The molecule has 0 atom stereocenters. The van der Waals surface area contributed by atoms with Crippen molar-refractivity contribution in [2.75, 3.05) is 17.7 Å². The first-order valence-corrected chi connectivity index (χ1v) is 9.09. The van der Waals surface area contributed by atoms with Gasteiger partial charge in [-0.3, -0.25) is 9.59 Å². The number of aromatic nitrogens is 2. The van der Waals surface area contributed by atoms with Gasteiger partial charge in [0.15, 0.2) is 23.1 Å². The van der Waals surface area contributed by atoms with Gasteiger partial charge >= 0.3 is 0 Å². The zero-order valence-electron chi connectivity index (χ0n) is 17.0. The van der Waals surface area contributed by atoms with Gasteiger partial charge in [-0.25, -0.2) is 9.37 Å². The maximum Gasteiger partial charge on any atom is 0.271 e. The molecule has 1 aromatic carbocycles. The molecular formula is C20H22FN7O3. The first-order chi connectivity index (χ1) is 14.8. The average Bonchev–Trinajstić information content (AvgIpc) is 2.75. The highest BCUT2D eigenvalue weighted by atomic mass is 19.1. The number of aryl methyl sites for hydroxylation is 1. The molecule has 0 bridgehead atoms. The van der Waals surface area contributed by atoms with E-state index in [4.69, 9.17) is 15.9 Å². The zero-order valence-corrected chi connectivity index (χ0v) is 17.0. The van der Waals surface area contributed by atoms with Crippen molar-refractivity contribution >= 4 is 29.5 Å². The van der Waals surface area contributed by atoms with Crippen molar-refractivity contribution in [2.45, 2.75) is 13.3 Å². The third-order valence-corrected chi connectivity index (χ3v) is 3.81. The lowest BCUT2D eigenvalue weighted by atomic mass is 10.2. The van der Waals surface area contributed by atoms with Gasteiger partial charge in [-0.15, -0.1) is 0 Å². The van der Waals surface area contributed by atoms with Crippen molar-refractivity contribution in [3.05, 3.63) is 60.0 Å². The molecule has 0 aliphatic rings. The highest BCUT2D eigenvalue weighted by Gasteiger charge is 2.20. The fourth-order valence-corrected chi connectivity index (χ4v) is 2.39. The summed E-state index contributed by atoms with van der Waals surface area (Å²) in [6.45, 7) is 5.10. The van der Waals surface area contributed by atoms with Crippen LogP contribution < -0.4 is 26.4 Å². The smallest absolute Gasteiger partial charge is 0.271 e. The number of amides is 2. The second-order valence-electron chi connectivity index (χ2n) is 5.99. The standard InChI is InChI=1S/C20H22FN7O3/c1-4-14-20(31-15-8-11(6-7-13(15)21)25-16(29)5-2)28-19(17(27-14)18(23)30)26-12(9-22)10-24-3/h5-10,22,24H,2,4H2,1,3H3,(H2,23,30)(H,25,29)(H,26,28)/b12-10+,22-9?. The molecule has 0 saturated carbocycles. The molecule has 0 saturated heterocycles. The fourth-order valence-electron chi connectivity index (χ4n) is 2.39. The Kier molecular flexibility index (Phi) is 7.78. The van der Waals surface area contributed by atoms with E-state index in [9.17, 15) is 14.0 Å². The lowest BCUT2D eigenvalue weighted by Gasteiger charge is -2.15. The predicted molar refractivity (Wildman–Crippen MR) is 115 cm³/mol. The van der Waals surface area contributed by atoms with Gasteiger partial charge in [-0.2, -0.15) is 4.98 Å². The van der Waals surface area contributed by atoms with Crippen molar-refractivity contribution < 1.29 is 18.7 Å². The average molecular weight is 427 g/mol. The maximum absolute atomic E-state index is 14.3. The maximum atomic E-state index is 14.3. The Bertz CT molecular complexity index is 1050. The molecule has 2 rings (SSSR count). The minimum absolute atomic E-state index is 0.0683. The van der Waals surface area contributed by atoms with Gasteiger partial charge in [0.2, 0.25) is 11.8 Å². The summed E-state index contributed by atoms with van der Waals surface area (Å²) >= 11 is 0. The normalized spacial score (nSPS) is 10.7. The number of benzene rings is 1. The van der Waals surface area contributed by atoms with Crippen LogP contribution in [0.1, 0.15) is 23.1 Å². The number of nitrogens with one attached hydrogen (secondary N) is 4.